The number of Topliss-reactive ketones (excluding diaryl/α,β-unsaturated/α-hetero) is 1. The monoisotopic (exact) mass is 227 g/mol. The van der Waals surface area contributed by atoms with Gasteiger partial charge in [-0.25, -0.2) is 0 Å². The van der Waals surface area contributed by atoms with Crippen molar-refractivity contribution in [2.45, 2.75) is 46.1 Å². The molecule has 0 amide bonds. The Kier molecular flexibility index (Phi) is 4.93. The highest BCUT2D eigenvalue weighted by atomic mass is 16.5. The average Bonchev–Trinajstić information content (AvgIpc) is 2.25. The molecule has 0 aromatic heterocycles. The molecule has 94 valence electrons. The molecule has 1 heterocycles. The van der Waals surface area contributed by atoms with Gasteiger partial charge in [0.25, 0.3) is 0 Å². The number of hydrogen-bond acceptors (Lipinski definition) is 3. The highest BCUT2D eigenvalue weighted by Crippen LogP contribution is 2.18. The molecule has 0 saturated carbocycles. The Hall–Kier alpha value is -0.410. The van der Waals surface area contributed by atoms with Crippen LogP contribution in [-0.4, -0.2) is 43.5 Å². The van der Waals surface area contributed by atoms with Crippen LogP contribution in [0, 0.1) is 5.41 Å². The van der Waals surface area contributed by atoms with Gasteiger partial charge in [-0.2, -0.15) is 0 Å². The smallest absolute Gasteiger partial charge is 0.139 e. The van der Waals surface area contributed by atoms with E-state index in [1.54, 1.807) is 7.11 Å². The van der Waals surface area contributed by atoms with Gasteiger partial charge in [-0.05, 0) is 19.4 Å². The molecular formula is C13H25NO2. The number of rotatable bonds is 4. The molecule has 1 fully saturated rings. The first-order valence-corrected chi connectivity index (χ1v) is 6.22. The van der Waals surface area contributed by atoms with Gasteiger partial charge in [-0.3, -0.25) is 4.79 Å². The zero-order valence-electron chi connectivity index (χ0n) is 11.1. The number of hydrogen-bond donors (Lipinski definition) is 0. The van der Waals surface area contributed by atoms with Gasteiger partial charge in [-0.1, -0.05) is 20.8 Å². The molecular weight excluding hydrogens is 202 g/mol. The van der Waals surface area contributed by atoms with Crippen molar-refractivity contribution in [2.24, 2.45) is 5.41 Å². The number of piperidine rings is 1. The largest absolute Gasteiger partial charge is 0.380 e. The number of ketones is 1. The topological polar surface area (TPSA) is 29.5 Å². The van der Waals surface area contributed by atoms with Crippen LogP contribution < -0.4 is 0 Å². The highest BCUT2D eigenvalue weighted by Gasteiger charge is 2.23. The van der Waals surface area contributed by atoms with Crippen LogP contribution in [0.5, 0.6) is 0 Å². The summed E-state index contributed by atoms with van der Waals surface area (Å²) in [5.74, 6) is 0.354. The standard InChI is InChI=1S/C13H25NO2/c1-13(2,3)12(15)7-9-14-8-5-6-11(10-14)16-4/h11H,5-10H2,1-4H3. The van der Waals surface area contributed by atoms with Crippen molar-refractivity contribution in [3.05, 3.63) is 0 Å². The molecule has 0 N–H and O–H groups in total. The van der Waals surface area contributed by atoms with Gasteiger partial charge in [0.2, 0.25) is 0 Å². The molecule has 0 bridgehead atoms. The van der Waals surface area contributed by atoms with Gasteiger partial charge >= 0.3 is 0 Å². The summed E-state index contributed by atoms with van der Waals surface area (Å²) in [5, 5.41) is 0. The van der Waals surface area contributed by atoms with Crippen molar-refractivity contribution in [1.82, 2.24) is 4.90 Å². The van der Waals surface area contributed by atoms with E-state index in [1.165, 1.54) is 6.42 Å². The summed E-state index contributed by atoms with van der Waals surface area (Å²) in [7, 11) is 1.77. The van der Waals surface area contributed by atoms with Crippen LogP contribution in [-0.2, 0) is 9.53 Å². The van der Waals surface area contributed by atoms with Crippen molar-refractivity contribution in [3.63, 3.8) is 0 Å². The van der Waals surface area contributed by atoms with Crippen molar-refractivity contribution in [2.75, 3.05) is 26.7 Å². The maximum absolute atomic E-state index is 11.8. The molecule has 0 aromatic carbocycles. The van der Waals surface area contributed by atoms with E-state index in [2.05, 4.69) is 4.90 Å². The van der Waals surface area contributed by atoms with Gasteiger partial charge < -0.3 is 9.64 Å². The highest BCUT2D eigenvalue weighted by molar-refractivity contribution is 5.83. The first-order chi connectivity index (χ1) is 7.43. The van der Waals surface area contributed by atoms with Gasteiger partial charge in [0.1, 0.15) is 5.78 Å². The SMILES string of the molecule is COC1CCCN(CCC(=O)C(C)(C)C)C1. The third-order valence-electron chi connectivity index (χ3n) is 3.29. The Morgan fingerprint density at radius 3 is 2.69 bits per heavy atom. The molecule has 0 aromatic rings. The predicted molar refractivity (Wildman–Crippen MR) is 65.6 cm³/mol. The van der Waals surface area contributed by atoms with E-state index in [4.69, 9.17) is 4.74 Å². The van der Waals surface area contributed by atoms with Crippen LogP contribution >= 0.6 is 0 Å². The van der Waals surface area contributed by atoms with E-state index >= 15 is 0 Å². The zero-order valence-corrected chi connectivity index (χ0v) is 11.1. The third-order valence-corrected chi connectivity index (χ3v) is 3.29. The predicted octanol–water partition coefficient (Wildman–Crippen LogP) is 2.10. The number of likely N-dealkylation sites (tertiary alicyclic amines) is 1. The minimum absolute atomic E-state index is 0.198. The summed E-state index contributed by atoms with van der Waals surface area (Å²) in [6.07, 6.45) is 3.36. The van der Waals surface area contributed by atoms with E-state index in [9.17, 15) is 4.79 Å². The molecule has 1 saturated heterocycles. The van der Waals surface area contributed by atoms with Crippen LogP contribution in [0.15, 0.2) is 0 Å². The minimum atomic E-state index is -0.198. The van der Waals surface area contributed by atoms with E-state index in [-0.39, 0.29) is 5.41 Å². The third kappa shape index (κ3) is 4.22. The Labute approximate surface area is 99.1 Å². The number of ether oxygens (including phenoxy) is 1. The van der Waals surface area contributed by atoms with E-state index in [1.807, 2.05) is 20.8 Å². The number of carbonyl (C=O) groups excluding carboxylic acids is 1. The van der Waals surface area contributed by atoms with Gasteiger partial charge in [0.05, 0.1) is 6.10 Å². The lowest BCUT2D eigenvalue weighted by molar-refractivity contribution is -0.126. The average molecular weight is 227 g/mol. The molecule has 1 atom stereocenters. The first kappa shape index (κ1) is 13.7. The minimum Gasteiger partial charge on any atom is -0.380 e. The molecule has 1 rings (SSSR count). The maximum Gasteiger partial charge on any atom is 0.139 e. The zero-order chi connectivity index (χ0) is 12.2. The van der Waals surface area contributed by atoms with Crippen LogP contribution in [0.25, 0.3) is 0 Å². The lowest BCUT2D eigenvalue weighted by Crippen LogP contribution is -2.40. The van der Waals surface area contributed by atoms with Gasteiger partial charge in [0.15, 0.2) is 0 Å². The molecule has 16 heavy (non-hydrogen) atoms. The summed E-state index contributed by atoms with van der Waals surface area (Å²) >= 11 is 0. The fourth-order valence-corrected chi connectivity index (χ4v) is 2.04. The van der Waals surface area contributed by atoms with E-state index in [0.717, 1.165) is 26.1 Å². The molecule has 0 aliphatic carbocycles. The van der Waals surface area contributed by atoms with Crippen molar-refractivity contribution in [3.8, 4) is 0 Å². The number of methoxy groups -OCH3 is 1. The maximum atomic E-state index is 11.8. The molecule has 1 unspecified atom stereocenters. The number of nitrogens with zero attached hydrogens (tertiary/aromatic N) is 1. The van der Waals surface area contributed by atoms with Crippen LogP contribution in [0.1, 0.15) is 40.0 Å². The van der Waals surface area contributed by atoms with Crippen LogP contribution in [0.3, 0.4) is 0 Å². The van der Waals surface area contributed by atoms with E-state index in [0.29, 0.717) is 18.3 Å². The molecule has 0 spiro atoms. The second-order valence-electron chi connectivity index (χ2n) is 5.72. The first-order valence-electron chi connectivity index (χ1n) is 6.22. The van der Waals surface area contributed by atoms with Crippen molar-refractivity contribution >= 4 is 5.78 Å². The normalized spacial score (nSPS) is 23.4. The lowest BCUT2D eigenvalue weighted by Gasteiger charge is -2.32. The van der Waals surface area contributed by atoms with Gasteiger partial charge in [-0.15, -0.1) is 0 Å². The van der Waals surface area contributed by atoms with Gasteiger partial charge in [0, 0.05) is 32.0 Å². The molecule has 3 nitrogen and oxygen atoms in total. The molecule has 0 radical (unpaired) electrons. The van der Waals surface area contributed by atoms with Crippen molar-refractivity contribution < 1.29 is 9.53 Å². The summed E-state index contributed by atoms with van der Waals surface area (Å²) in [5.41, 5.74) is -0.198. The second-order valence-corrected chi connectivity index (χ2v) is 5.72. The van der Waals surface area contributed by atoms with E-state index < -0.39 is 0 Å². The Balaban J connectivity index is 2.30. The summed E-state index contributed by atoms with van der Waals surface area (Å²) in [4.78, 5) is 14.1. The Morgan fingerprint density at radius 2 is 2.12 bits per heavy atom. The quantitative estimate of drug-likeness (QED) is 0.736. The Morgan fingerprint density at radius 1 is 1.44 bits per heavy atom. The van der Waals surface area contributed by atoms with Crippen LogP contribution in [0.2, 0.25) is 0 Å². The molecule has 1 aliphatic rings. The van der Waals surface area contributed by atoms with Crippen molar-refractivity contribution in [1.29, 1.82) is 0 Å². The summed E-state index contributed by atoms with van der Waals surface area (Å²) in [6, 6.07) is 0. The Bertz CT molecular complexity index is 233. The number of carbonyl (C=O) groups is 1. The fourth-order valence-electron chi connectivity index (χ4n) is 2.04. The lowest BCUT2D eigenvalue weighted by atomic mass is 9.89. The second kappa shape index (κ2) is 5.78. The summed E-state index contributed by atoms with van der Waals surface area (Å²) in [6.45, 7) is 8.94. The molecule has 1 aliphatic heterocycles. The fraction of sp³-hybridized carbons (Fsp3) is 0.923. The van der Waals surface area contributed by atoms with Crippen LogP contribution in [0.4, 0.5) is 0 Å². The molecule has 3 heteroatoms. The summed E-state index contributed by atoms with van der Waals surface area (Å²) < 4.78 is 5.37.